The Hall–Kier alpha value is -1.54. The molecule has 7 nitrogen and oxygen atoms in total. The van der Waals surface area contributed by atoms with E-state index in [-0.39, 0.29) is 23.1 Å². The Balaban J connectivity index is 2.21. The number of hydrogen-bond donors (Lipinski definition) is 4. The number of hydrogen-bond acceptors (Lipinski definition) is 5. The Morgan fingerprint density at radius 2 is 1.88 bits per heavy atom. The molecule has 1 aliphatic carbocycles. The van der Waals surface area contributed by atoms with Crippen LogP contribution in [0.4, 0.5) is 4.79 Å². The summed E-state index contributed by atoms with van der Waals surface area (Å²) in [4.78, 5) is 24.8. The number of rotatable bonds is 5. The summed E-state index contributed by atoms with van der Waals surface area (Å²) in [5.74, 6) is -0.0151. The molecule has 0 unspecified atom stereocenters. The van der Waals surface area contributed by atoms with E-state index in [1.807, 2.05) is 13.8 Å². The SMILES string of the molecule is CCOC(=O)NC1=C(C(=N)NC(=O)C2(S(C)(C)C)CCC2)CNC1(C)C. The van der Waals surface area contributed by atoms with Crippen molar-refractivity contribution in [2.45, 2.75) is 50.3 Å². The molecule has 8 heteroatoms. The number of nitrogens with one attached hydrogen (secondary N) is 4. The highest BCUT2D eigenvalue weighted by Gasteiger charge is 2.51. The van der Waals surface area contributed by atoms with Crippen LogP contribution in [0.2, 0.25) is 0 Å². The first-order chi connectivity index (χ1) is 11.9. The number of ether oxygens (including phenoxy) is 1. The molecular formula is C18H32N4O3S. The lowest BCUT2D eigenvalue weighted by Crippen LogP contribution is -2.55. The van der Waals surface area contributed by atoms with Crippen molar-refractivity contribution in [2.75, 3.05) is 31.9 Å². The molecule has 0 spiro atoms. The van der Waals surface area contributed by atoms with Crippen LogP contribution in [0, 0.1) is 5.41 Å². The maximum Gasteiger partial charge on any atom is 0.411 e. The van der Waals surface area contributed by atoms with Gasteiger partial charge in [-0.25, -0.2) is 14.8 Å². The fourth-order valence-electron chi connectivity index (χ4n) is 3.50. The van der Waals surface area contributed by atoms with Crippen LogP contribution in [0.1, 0.15) is 40.0 Å². The highest BCUT2D eigenvalue weighted by molar-refractivity contribution is 8.33. The average molecular weight is 385 g/mol. The maximum atomic E-state index is 13.0. The molecule has 0 saturated heterocycles. The molecule has 1 saturated carbocycles. The molecule has 0 aromatic heterocycles. The highest BCUT2D eigenvalue weighted by Crippen LogP contribution is 2.60. The van der Waals surface area contributed by atoms with E-state index >= 15 is 0 Å². The van der Waals surface area contributed by atoms with Crippen LogP contribution < -0.4 is 16.0 Å². The average Bonchev–Trinajstić information content (AvgIpc) is 2.71. The van der Waals surface area contributed by atoms with Gasteiger partial charge in [0.2, 0.25) is 5.91 Å². The summed E-state index contributed by atoms with van der Waals surface area (Å²) in [7, 11) is -1.09. The van der Waals surface area contributed by atoms with E-state index in [1.54, 1.807) is 6.92 Å². The van der Waals surface area contributed by atoms with Crippen LogP contribution in [0.25, 0.3) is 0 Å². The number of carbonyl (C=O) groups excluding carboxylic acids is 2. The predicted molar refractivity (Wildman–Crippen MR) is 107 cm³/mol. The second-order valence-electron chi connectivity index (χ2n) is 8.19. The van der Waals surface area contributed by atoms with Gasteiger partial charge in [-0.15, -0.1) is 0 Å². The van der Waals surface area contributed by atoms with Crippen molar-refractivity contribution in [3.05, 3.63) is 11.3 Å². The first-order valence-electron chi connectivity index (χ1n) is 8.95. The fraction of sp³-hybridized carbons (Fsp3) is 0.722. The minimum atomic E-state index is -1.09. The summed E-state index contributed by atoms with van der Waals surface area (Å²) in [5.41, 5.74) is 0.657. The minimum Gasteiger partial charge on any atom is -0.450 e. The van der Waals surface area contributed by atoms with Gasteiger partial charge in [0.25, 0.3) is 0 Å². The Morgan fingerprint density at radius 3 is 2.35 bits per heavy atom. The van der Waals surface area contributed by atoms with Crippen LogP contribution in [-0.2, 0) is 9.53 Å². The Bertz CT molecular complexity index is 645. The van der Waals surface area contributed by atoms with Gasteiger partial charge in [0.1, 0.15) is 5.84 Å². The van der Waals surface area contributed by atoms with Crippen molar-refractivity contribution in [1.82, 2.24) is 16.0 Å². The smallest absolute Gasteiger partial charge is 0.411 e. The fourth-order valence-corrected chi connectivity index (χ4v) is 5.62. The third kappa shape index (κ3) is 3.76. The van der Waals surface area contributed by atoms with Crippen molar-refractivity contribution < 1.29 is 14.3 Å². The van der Waals surface area contributed by atoms with E-state index in [4.69, 9.17) is 10.1 Å². The van der Waals surface area contributed by atoms with Crippen LogP contribution in [0.3, 0.4) is 0 Å². The molecule has 4 N–H and O–H groups in total. The van der Waals surface area contributed by atoms with Gasteiger partial charge in [-0.2, -0.15) is 0 Å². The molecule has 2 amide bonds. The van der Waals surface area contributed by atoms with E-state index in [2.05, 4.69) is 34.7 Å². The molecule has 0 aromatic carbocycles. The Morgan fingerprint density at radius 1 is 1.27 bits per heavy atom. The second-order valence-corrected chi connectivity index (χ2v) is 12.6. The first-order valence-corrected chi connectivity index (χ1v) is 11.8. The molecule has 2 aliphatic rings. The van der Waals surface area contributed by atoms with E-state index in [1.165, 1.54) is 0 Å². The minimum absolute atomic E-state index is 0.0507. The van der Waals surface area contributed by atoms with Gasteiger partial charge >= 0.3 is 6.09 Å². The van der Waals surface area contributed by atoms with Gasteiger partial charge in [-0.1, -0.05) is 0 Å². The maximum absolute atomic E-state index is 13.0. The normalized spacial score (nSPS) is 21.6. The molecule has 1 fully saturated rings. The molecule has 148 valence electrons. The van der Waals surface area contributed by atoms with Gasteiger partial charge in [0.15, 0.2) is 0 Å². The van der Waals surface area contributed by atoms with Gasteiger partial charge < -0.3 is 15.4 Å². The van der Waals surface area contributed by atoms with Crippen molar-refractivity contribution in [2.24, 2.45) is 0 Å². The topological polar surface area (TPSA) is 103 Å². The lowest BCUT2D eigenvalue weighted by atomic mass is 9.83. The van der Waals surface area contributed by atoms with Gasteiger partial charge in [-0.3, -0.25) is 15.5 Å². The van der Waals surface area contributed by atoms with Crippen LogP contribution in [-0.4, -0.2) is 60.0 Å². The van der Waals surface area contributed by atoms with E-state index in [0.717, 1.165) is 19.3 Å². The van der Waals surface area contributed by atoms with Gasteiger partial charge in [0.05, 0.1) is 16.9 Å². The number of alkyl carbamates (subject to hydrolysis) is 1. The molecule has 0 aromatic rings. The zero-order valence-corrected chi connectivity index (χ0v) is 17.5. The standard InChI is InChI=1S/C18H32N4O3S/c1-7-25-16(24)21-13-12(11-20-17(13,2)3)14(19)22-15(23)18(9-8-10-18)26(4,5)6/h20H,7-11H2,1-6H3,(H,21,24)(H2,19,22,23). The van der Waals surface area contributed by atoms with Crippen LogP contribution in [0.5, 0.6) is 0 Å². The molecule has 1 heterocycles. The highest BCUT2D eigenvalue weighted by atomic mass is 32.3. The molecule has 0 bridgehead atoms. The molecular weight excluding hydrogens is 352 g/mol. The third-order valence-corrected chi connectivity index (χ3v) is 8.36. The second kappa shape index (κ2) is 7.23. The molecule has 0 atom stereocenters. The summed E-state index contributed by atoms with van der Waals surface area (Å²) in [6.45, 7) is 6.26. The lowest BCUT2D eigenvalue weighted by molar-refractivity contribution is -0.124. The largest absolute Gasteiger partial charge is 0.450 e. The summed E-state index contributed by atoms with van der Waals surface area (Å²) >= 11 is 0. The number of carbonyl (C=O) groups is 2. The first kappa shape index (κ1) is 20.8. The van der Waals surface area contributed by atoms with Gasteiger partial charge in [0, 0.05) is 17.8 Å². The van der Waals surface area contributed by atoms with Crippen LogP contribution >= 0.6 is 10.0 Å². The third-order valence-electron chi connectivity index (χ3n) is 5.42. The molecule has 0 radical (unpaired) electrons. The van der Waals surface area contributed by atoms with Crippen molar-refractivity contribution in [3.63, 3.8) is 0 Å². The zero-order valence-electron chi connectivity index (χ0n) is 16.7. The van der Waals surface area contributed by atoms with E-state index in [9.17, 15) is 9.59 Å². The van der Waals surface area contributed by atoms with E-state index < -0.39 is 21.7 Å². The number of amidine groups is 1. The monoisotopic (exact) mass is 384 g/mol. The molecule has 2 rings (SSSR count). The lowest BCUT2D eigenvalue weighted by Gasteiger charge is -2.53. The van der Waals surface area contributed by atoms with Crippen molar-refractivity contribution >= 4 is 27.9 Å². The molecule has 26 heavy (non-hydrogen) atoms. The van der Waals surface area contributed by atoms with Crippen molar-refractivity contribution in [1.29, 1.82) is 5.41 Å². The summed E-state index contributed by atoms with van der Waals surface area (Å²) in [6.07, 6.45) is 8.72. The van der Waals surface area contributed by atoms with E-state index in [0.29, 0.717) is 17.8 Å². The summed E-state index contributed by atoms with van der Waals surface area (Å²) in [6, 6.07) is 0. The van der Waals surface area contributed by atoms with Gasteiger partial charge in [-0.05, 0) is 58.8 Å². The van der Waals surface area contributed by atoms with Crippen LogP contribution in [0.15, 0.2) is 11.3 Å². The Labute approximate surface area is 157 Å². The number of amides is 2. The molecule has 1 aliphatic heterocycles. The Kier molecular flexibility index (Phi) is 5.77. The predicted octanol–water partition coefficient (Wildman–Crippen LogP) is 2.08. The van der Waals surface area contributed by atoms with Crippen molar-refractivity contribution in [3.8, 4) is 0 Å². The zero-order chi connectivity index (χ0) is 19.8. The quantitative estimate of drug-likeness (QED) is 0.430. The summed E-state index contributed by atoms with van der Waals surface area (Å²) in [5, 5.41) is 17.3. The summed E-state index contributed by atoms with van der Waals surface area (Å²) < 4.78 is 4.61.